The summed E-state index contributed by atoms with van der Waals surface area (Å²) in [6.45, 7) is 11.5. The second-order valence-electron chi connectivity index (χ2n) is 8.40. The van der Waals surface area contributed by atoms with Crippen LogP contribution in [0, 0.1) is 6.92 Å². The van der Waals surface area contributed by atoms with Crippen molar-refractivity contribution in [1.29, 1.82) is 0 Å². The molecule has 9 heteroatoms. The van der Waals surface area contributed by atoms with Gasteiger partial charge in [0.15, 0.2) is 5.96 Å². The smallest absolute Gasteiger partial charge is 0.191 e. The van der Waals surface area contributed by atoms with Crippen LogP contribution >= 0.6 is 35.7 Å². The lowest BCUT2D eigenvalue weighted by Gasteiger charge is -2.42. The molecular weight excluding hydrogens is 535 g/mol. The Labute approximate surface area is 213 Å². The van der Waals surface area contributed by atoms with Crippen molar-refractivity contribution < 1.29 is 4.74 Å². The van der Waals surface area contributed by atoms with Gasteiger partial charge in [-0.25, -0.2) is 4.98 Å². The number of benzene rings is 1. The van der Waals surface area contributed by atoms with Crippen LogP contribution in [-0.4, -0.2) is 83.4 Å². The molecule has 0 bridgehead atoms. The molecule has 2 aliphatic rings. The van der Waals surface area contributed by atoms with E-state index in [1.54, 1.807) is 0 Å². The Bertz CT molecular complexity index is 876. The van der Waals surface area contributed by atoms with Gasteiger partial charge in [0.05, 0.1) is 36.3 Å². The fourth-order valence-corrected chi connectivity index (χ4v) is 6.07. The van der Waals surface area contributed by atoms with Gasteiger partial charge in [0.1, 0.15) is 5.82 Å². The van der Waals surface area contributed by atoms with Crippen LogP contribution < -0.4 is 10.6 Å². The number of rotatable bonds is 8. The quantitative estimate of drug-likeness (QED) is 0.220. The second kappa shape index (κ2) is 12.4. The third-order valence-electron chi connectivity index (χ3n) is 6.34. The zero-order valence-electron chi connectivity index (χ0n) is 19.3. The van der Waals surface area contributed by atoms with Crippen LogP contribution in [0.1, 0.15) is 25.6 Å². The molecule has 2 aliphatic heterocycles. The predicted octanol–water partition coefficient (Wildman–Crippen LogP) is 3.12. The van der Waals surface area contributed by atoms with Crippen molar-refractivity contribution >= 4 is 52.7 Å². The van der Waals surface area contributed by atoms with Gasteiger partial charge in [-0.1, -0.05) is 12.1 Å². The molecule has 1 aromatic carbocycles. The fourth-order valence-electron chi connectivity index (χ4n) is 4.60. The molecule has 2 N–H and O–H groups in total. The van der Waals surface area contributed by atoms with Crippen molar-refractivity contribution in [2.24, 2.45) is 4.99 Å². The minimum absolute atomic E-state index is 0. The molecule has 2 fully saturated rings. The average molecular weight is 573 g/mol. The second-order valence-corrected chi connectivity index (χ2v) is 9.51. The van der Waals surface area contributed by atoms with Gasteiger partial charge < -0.3 is 19.9 Å². The molecule has 178 valence electrons. The molecule has 2 aromatic rings. The zero-order chi connectivity index (χ0) is 21.5. The monoisotopic (exact) mass is 572 g/mol. The van der Waals surface area contributed by atoms with E-state index < -0.39 is 0 Å². The summed E-state index contributed by atoms with van der Waals surface area (Å²) >= 11 is 2.06. The van der Waals surface area contributed by atoms with Crippen molar-refractivity contribution in [3.8, 4) is 0 Å². The normalized spacial score (nSPS) is 22.1. The summed E-state index contributed by atoms with van der Waals surface area (Å²) in [6, 6.07) is 8.36. The summed E-state index contributed by atoms with van der Waals surface area (Å²) in [6.07, 6.45) is 2.24. The Morgan fingerprint density at radius 2 is 2.06 bits per heavy atom. The molecule has 1 atom stereocenters. The van der Waals surface area contributed by atoms with E-state index in [2.05, 4.69) is 68.9 Å². The number of aryl methyl sites for hydroxylation is 2. The summed E-state index contributed by atoms with van der Waals surface area (Å²) in [7, 11) is 0. The van der Waals surface area contributed by atoms with E-state index in [0.717, 1.165) is 76.2 Å². The predicted molar refractivity (Wildman–Crippen MR) is 146 cm³/mol. The highest BCUT2D eigenvalue weighted by Gasteiger charge is 2.40. The molecule has 0 aliphatic carbocycles. The van der Waals surface area contributed by atoms with Gasteiger partial charge in [0.25, 0.3) is 0 Å². The van der Waals surface area contributed by atoms with E-state index in [1.807, 2.05) is 6.07 Å². The van der Waals surface area contributed by atoms with Crippen molar-refractivity contribution in [3.63, 3.8) is 0 Å². The zero-order valence-corrected chi connectivity index (χ0v) is 22.5. The van der Waals surface area contributed by atoms with Crippen LogP contribution in [0.4, 0.5) is 0 Å². The van der Waals surface area contributed by atoms with Crippen LogP contribution in [0.25, 0.3) is 11.0 Å². The maximum atomic E-state index is 5.58. The number of nitrogens with one attached hydrogen (secondary N) is 2. The maximum absolute atomic E-state index is 5.58. The number of imidazole rings is 1. The molecule has 0 radical (unpaired) electrons. The van der Waals surface area contributed by atoms with Crippen molar-refractivity contribution in [2.45, 2.75) is 38.8 Å². The number of para-hydroxylation sites is 2. The van der Waals surface area contributed by atoms with E-state index in [0.29, 0.717) is 0 Å². The topological polar surface area (TPSA) is 66.7 Å². The number of morpholine rings is 1. The third kappa shape index (κ3) is 6.09. The van der Waals surface area contributed by atoms with Gasteiger partial charge in [-0.3, -0.25) is 9.89 Å². The number of hydrogen-bond donors (Lipinski definition) is 2. The molecule has 0 amide bonds. The largest absolute Gasteiger partial charge is 0.379 e. The molecule has 7 nitrogen and oxygen atoms in total. The standard InChI is InChI=1S/C23H36N6OS.HI/c1-3-24-22(26-17-23(9-16-31-18-23)28-12-14-30-15-13-28)25-10-6-11-29-19(2)27-20-7-4-5-8-21(20)29;/h4-5,7-8H,3,6,9-18H2,1-2H3,(H2,24,25,26);1H. The van der Waals surface area contributed by atoms with Crippen LogP contribution in [0.2, 0.25) is 0 Å². The van der Waals surface area contributed by atoms with Gasteiger partial charge in [-0.15, -0.1) is 24.0 Å². The molecule has 3 heterocycles. The van der Waals surface area contributed by atoms with E-state index in [4.69, 9.17) is 9.73 Å². The number of halogens is 1. The highest BCUT2D eigenvalue weighted by atomic mass is 127. The van der Waals surface area contributed by atoms with Crippen LogP contribution in [0.5, 0.6) is 0 Å². The number of thioether (sulfide) groups is 1. The van der Waals surface area contributed by atoms with Gasteiger partial charge in [-0.05, 0) is 44.6 Å². The lowest BCUT2D eigenvalue weighted by atomic mass is 9.96. The summed E-state index contributed by atoms with van der Waals surface area (Å²) in [5, 5.41) is 6.98. The first-order valence-electron chi connectivity index (χ1n) is 11.6. The van der Waals surface area contributed by atoms with E-state index in [-0.39, 0.29) is 29.5 Å². The van der Waals surface area contributed by atoms with Gasteiger partial charge in [0.2, 0.25) is 0 Å². The highest BCUT2D eigenvalue weighted by molar-refractivity contribution is 14.0. The minimum atomic E-state index is 0. The molecule has 2 saturated heterocycles. The van der Waals surface area contributed by atoms with Crippen molar-refractivity contribution in [1.82, 2.24) is 25.1 Å². The molecule has 4 rings (SSSR count). The molecule has 0 spiro atoms. The van der Waals surface area contributed by atoms with Gasteiger partial charge in [-0.2, -0.15) is 11.8 Å². The number of nitrogens with zero attached hydrogens (tertiary/aromatic N) is 4. The maximum Gasteiger partial charge on any atom is 0.191 e. The first-order chi connectivity index (χ1) is 15.2. The van der Waals surface area contributed by atoms with Crippen LogP contribution in [0.15, 0.2) is 29.3 Å². The van der Waals surface area contributed by atoms with Crippen LogP contribution in [0.3, 0.4) is 0 Å². The number of hydrogen-bond acceptors (Lipinski definition) is 5. The fraction of sp³-hybridized carbons (Fsp3) is 0.652. The Morgan fingerprint density at radius 1 is 1.25 bits per heavy atom. The van der Waals surface area contributed by atoms with Crippen LogP contribution in [-0.2, 0) is 11.3 Å². The van der Waals surface area contributed by atoms with Gasteiger partial charge >= 0.3 is 0 Å². The summed E-state index contributed by atoms with van der Waals surface area (Å²) in [5.74, 6) is 4.41. The first kappa shape index (κ1) is 25.6. The summed E-state index contributed by atoms with van der Waals surface area (Å²) < 4.78 is 7.89. The number of aromatic nitrogens is 2. The van der Waals surface area contributed by atoms with E-state index in [1.165, 1.54) is 23.4 Å². The Kier molecular flexibility index (Phi) is 9.94. The highest BCUT2D eigenvalue weighted by Crippen LogP contribution is 2.34. The minimum Gasteiger partial charge on any atom is -0.379 e. The van der Waals surface area contributed by atoms with E-state index >= 15 is 0 Å². The Balaban J connectivity index is 0.00000289. The summed E-state index contributed by atoms with van der Waals surface area (Å²) in [4.78, 5) is 12.3. The lowest BCUT2D eigenvalue weighted by Crippen LogP contribution is -2.56. The third-order valence-corrected chi connectivity index (χ3v) is 7.57. The number of aliphatic imine (C=N–C) groups is 1. The van der Waals surface area contributed by atoms with Gasteiger partial charge in [0, 0.05) is 38.5 Å². The summed E-state index contributed by atoms with van der Waals surface area (Å²) in [5.41, 5.74) is 2.47. The molecule has 32 heavy (non-hydrogen) atoms. The molecule has 1 aromatic heterocycles. The molecule has 1 unspecified atom stereocenters. The molecular formula is C23H37IN6OS. The molecule has 0 saturated carbocycles. The number of ether oxygens (including phenoxy) is 1. The first-order valence-corrected chi connectivity index (χ1v) is 12.7. The Hall–Kier alpha value is -1.04. The van der Waals surface area contributed by atoms with E-state index in [9.17, 15) is 0 Å². The average Bonchev–Trinajstić information content (AvgIpc) is 3.40. The SMILES string of the molecule is CCNC(=NCC1(N2CCOCC2)CCSC1)NCCCn1c(C)nc2ccccc21.I. The van der Waals surface area contributed by atoms with Crippen molar-refractivity contribution in [2.75, 3.05) is 57.4 Å². The van der Waals surface area contributed by atoms with Crippen molar-refractivity contribution in [3.05, 3.63) is 30.1 Å². The number of guanidine groups is 1. The number of fused-ring (bicyclic) bond motifs is 1. The lowest BCUT2D eigenvalue weighted by molar-refractivity contribution is -0.0104. The Morgan fingerprint density at radius 3 is 2.81 bits per heavy atom.